The van der Waals surface area contributed by atoms with Crippen LogP contribution in [0.2, 0.25) is 0 Å². The first kappa shape index (κ1) is 61.9. The fraction of sp³-hybridized carbons (Fsp3) is 0.941. The Kier molecular flexibility index (Phi) is 32.0. The zero-order valence-electron chi connectivity index (χ0n) is 42.1. The van der Waals surface area contributed by atoms with Crippen LogP contribution in [0.5, 0.6) is 0 Å². The number of hydrogen-bond donors (Lipinski definition) is 11. The standard InChI is InChI=1S/C51H95NO17/c1-4-6-8-10-12-14-16-18-20-22-24-26-28-30-39(56)52-35(36(55)29-27-25-23-21-19-17-15-13-11-9-7-5-2)33-64-49-46(63)48(69-50-44(61)42(59)40(57)34(3)65-50)47(38(32-54)67-49)68-51-45(62)43(60)41(58)37(31-53)66-51/h27,29,34-38,40-51,53-55,57-63H,4-26,28,30-33H2,1-3H3,(H,52,56)/b29-27+/t34-,35-,36+,37+,38+,40+,41+,42+,43-,44-,45-,46+,47+,48+,49+,50-,51-/m0/s1. The van der Waals surface area contributed by atoms with Crippen molar-refractivity contribution in [3.63, 3.8) is 0 Å². The predicted octanol–water partition coefficient (Wildman–Crippen LogP) is 3.67. The average molecular weight is 994 g/mol. The molecule has 17 atom stereocenters. The summed E-state index contributed by atoms with van der Waals surface area (Å²) in [5, 5.41) is 110. The highest BCUT2D eigenvalue weighted by Gasteiger charge is 2.54. The molecule has 406 valence electrons. The fourth-order valence-corrected chi connectivity index (χ4v) is 9.24. The third-order valence-electron chi connectivity index (χ3n) is 13.8. The second kappa shape index (κ2) is 35.7. The van der Waals surface area contributed by atoms with E-state index in [2.05, 4.69) is 19.2 Å². The molecule has 3 fully saturated rings. The molecule has 0 aromatic rings. The smallest absolute Gasteiger partial charge is 0.220 e. The molecule has 1 amide bonds. The van der Waals surface area contributed by atoms with Gasteiger partial charge in [-0.3, -0.25) is 4.79 Å². The Hall–Kier alpha value is -1.43. The van der Waals surface area contributed by atoms with Gasteiger partial charge in [-0.2, -0.15) is 0 Å². The maximum Gasteiger partial charge on any atom is 0.220 e. The Morgan fingerprint density at radius 3 is 1.51 bits per heavy atom. The van der Waals surface area contributed by atoms with Crippen LogP contribution < -0.4 is 5.32 Å². The minimum atomic E-state index is -1.90. The minimum absolute atomic E-state index is 0.230. The Morgan fingerprint density at radius 2 is 0.986 bits per heavy atom. The van der Waals surface area contributed by atoms with Gasteiger partial charge in [-0.15, -0.1) is 0 Å². The molecule has 69 heavy (non-hydrogen) atoms. The molecule has 11 N–H and O–H groups in total. The van der Waals surface area contributed by atoms with Crippen LogP contribution in [0.15, 0.2) is 12.2 Å². The number of ether oxygens (including phenoxy) is 6. The zero-order chi connectivity index (χ0) is 50.6. The number of hydrogen-bond acceptors (Lipinski definition) is 17. The lowest BCUT2D eigenvalue weighted by Gasteiger charge is -2.49. The van der Waals surface area contributed by atoms with Crippen molar-refractivity contribution in [3.05, 3.63) is 12.2 Å². The Bertz CT molecular complexity index is 1330. The van der Waals surface area contributed by atoms with Crippen molar-refractivity contribution in [2.24, 2.45) is 0 Å². The van der Waals surface area contributed by atoms with E-state index in [9.17, 15) is 55.9 Å². The third kappa shape index (κ3) is 21.9. The lowest BCUT2D eigenvalue weighted by Crippen LogP contribution is -2.67. The summed E-state index contributed by atoms with van der Waals surface area (Å²) in [5.41, 5.74) is 0. The third-order valence-corrected chi connectivity index (χ3v) is 13.8. The van der Waals surface area contributed by atoms with Crippen LogP contribution >= 0.6 is 0 Å². The van der Waals surface area contributed by atoms with E-state index in [0.717, 1.165) is 44.9 Å². The highest BCUT2D eigenvalue weighted by atomic mass is 16.8. The summed E-state index contributed by atoms with van der Waals surface area (Å²) >= 11 is 0. The van der Waals surface area contributed by atoms with Crippen molar-refractivity contribution in [2.45, 2.75) is 286 Å². The molecule has 3 rings (SSSR count). The molecule has 3 saturated heterocycles. The van der Waals surface area contributed by atoms with Gasteiger partial charge in [-0.05, 0) is 26.2 Å². The van der Waals surface area contributed by atoms with E-state index in [1.165, 1.54) is 110 Å². The number of aliphatic hydroxyl groups excluding tert-OH is 10. The van der Waals surface area contributed by atoms with Gasteiger partial charge in [0.15, 0.2) is 18.9 Å². The molecule has 18 nitrogen and oxygen atoms in total. The monoisotopic (exact) mass is 994 g/mol. The first-order chi connectivity index (χ1) is 33.3. The van der Waals surface area contributed by atoms with Gasteiger partial charge in [-0.1, -0.05) is 161 Å². The van der Waals surface area contributed by atoms with Gasteiger partial charge in [0.25, 0.3) is 0 Å². The molecule has 0 spiro atoms. The number of carbonyl (C=O) groups excluding carboxylic acids is 1. The number of rotatable bonds is 37. The Balaban J connectivity index is 1.69. The molecule has 0 saturated carbocycles. The fourth-order valence-electron chi connectivity index (χ4n) is 9.24. The summed E-state index contributed by atoms with van der Waals surface area (Å²) in [5.74, 6) is -0.292. The normalized spacial score (nSPS) is 32.9. The highest BCUT2D eigenvalue weighted by Crippen LogP contribution is 2.34. The van der Waals surface area contributed by atoms with Gasteiger partial charge >= 0.3 is 0 Å². The van der Waals surface area contributed by atoms with Gasteiger partial charge in [-0.25, -0.2) is 0 Å². The first-order valence-corrected chi connectivity index (χ1v) is 26.8. The van der Waals surface area contributed by atoms with Gasteiger partial charge in [0.05, 0.1) is 38.1 Å². The molecule has 0 aromatic heterocycles. The van der Waals surface area contributed by atoms with E-state index >= 15 is 0 Å². The van der Waals surface area contributed by atoms with Gasteiger partial charge in [0, 0.05) is 6.42 Å². The largest absolute Gasteiger partial charge is 0.394 e. The van der Waals surface area contributed by atoms with Crippen LogP contribution in [-0.2, 0) is 33.2 Å². The number of unbranched alkanes of at least 4 members (excludes halogenated alkanes) is 22. The highest BCUT2D eigenvalue weighted by molar-refractivity contribution is 5.76. The Morgan fingerprint density at radius 1 is 0.536 bits per heavy atom. The minimum Gasteiger partial charge on any atom is -0.394 e. The average Bonchev–Trinajstić information content (AvgIpc) is 3.34. The second-order valence-corrected chi connectivity index (χ2v) is 19.7. The molecule has 3 aliphatic rings. The number of carbonyl (C=O) groups is 1. The molecule has 0 bridgehead atoms. The van der Waals surface area contributed by atoms with Gasteiger partial charge < -0.3 is 84.8 Å². The molecule has 0 aliphatic carbocycles. The zero-order valence-corrected chi connectivity index (χ0v) is 42.1. The summed E-state index contributed by atoms with van der Waals surface area (Å²) in [6.45, 7) is 3.89. The van der Waals surface area contributed by atoms with Crippen LogP contribution in [0.1, 0.15) is 181 Å². The van der Waals surface area contributed by atoms with Crippen molar-refractivity contribution in [1.29, 1.82) is 0 Å². The van der Waals surface area contributed by atoms with Crippen molar-refractivity contribution in [2.75, 3.05) is 19.8 Å². The Labute approximate surface area is 412 Å². The van der Waals surface area contributed by atoms with E-state index < -0.39 is 117 Å². The van der Waals surface area contributed by atoms with Crippen LogP contribution in [-0.4, -0.2) is 181 Å². The number of amides is 1. The maximum atomic E-state index is 13.4. The molecule has 18 heteroatoms. The van der Waals surface area contributed by atoms with Crippen LogP contribution in [0, 0.1) is 0 Å². The lowest BCUT2D eigenvalue weighted by atomic mass is 9.96. The molecular formula is C51H95NO17. The van der Waals surface area contributed by atoms with Crippen molar-refractivity contribution in [1.82, 2.24) is 5.32 Å². The van der Waals surface area contributed by atoms with Crippen LogP contribution in [0.25, 0.3) is 0 Å². The quantitative estimate of drug-likeness (QED) is 0.0313. The number of allylic oxidation sites excluding steroid dienone is 1. The summed E-state index contributed by atoms with van der Waals surface area (Å²) in [4.78, 5) is 13.4. The molecular weight excluding hydrogens is 899 g/mol. The topological polar surface area (TPSA) is 287 Å². The summed E-state index contributed by atoms with van der Waals surface area (Å²) in [6, 6.07) is -1.00. The summed E-state index contributed by atoms with van der Waals surface area (Å²) < 4.78 is 35.2. The van der Waals surface area contributed by atoms with Crippen molar-refractivity contribution >= 4 is 5.91 Å². The van der Waals surface area contributed by atoms with E-state index in [1.807, 2.05) is 6.08 Å². The number of nitrogens with one attached hydrogen (secondary N) is 1. The predicted molar refractivity (Wildman–Crippen MR) is 257 cm³/mol. The second-order valence-electron chi connectivity index (χ2n) is 19.7. The number of aliphatic hydroxyl groups is 10. The lowest BCUT2D eigenvalue weighted by molar-refractivity contribution is -0.386. The van der Waals surface area contributed by atoms with E-state index in [-0.39, 0.29) is 18.9 Å². The van der Waals surface area contributed by atoms with Crippen LogP contribution in [0.4, 0.5) is 0 Å². The van der Waals surface area contributed by atoms with E-state index in [0.29, 0.717) is 6.42 Å². The summed E-state index contributed by atoms with van der Waals surface area (Å²) in [7, 11) is 0. The van der Waals surface area contributed by atoms with E-state index in [4.69, 9.17) is 28.4 Å². The van der Waals surface area contributed by atoms with Gasteiger partial charge in [0.1, 0.15) is 67.1 Å². The molecule has 0 unspecified atom stereocenters. The SMILES string of the molecule is CCCCCCCCCCCC/C=C/[C@@H](O)[C@H](CO[C@@H]1O[C@H](CO)[C@@H](O[C@@H]2O[C@H](CO)[C@@H](O)[C@H](O)[C@@H]2O)[C@H](O[C@@H]2O[C@@H](C)[C@@H](O)[C@@H](O)[C@@H]2O)[C@H]1O)NC(=O)CCCCCCCCCCCCCCC. The molecule has 0 radical (unpaired) electrons. The molecule has 0 aromatic carbocycles. The van der Waals surface area contributed by atoms with Crippen molar-refractivity contribution < 1.29 is 84.3 Å². The molecule has 3 heterocycles. The van der Waals surface area contributed by atoms with Crippen LogP contribution in [0.3, 0.4) is 0 Å². The molecule has 3 aliphatic heterocycles. The first-order valence-electron chi connectivity index (χ1n) is 26.8. The van der Waals surface area contributed by atoms with Crippen molar-refractivity contribution in [3.8, 4) is 0 Å². The van der Waals surface area contributed by atoms with E-state index in [1.54, 1.807) is 6.08 Å². The maximum absolute atomic E-state index is 13.4. The summed E-state index contributed by atoms with van der Waals surface area (Å²) in [6.07, 6.45) is 5.68. The van der Waals surface area contributed by atoms with Gasteiger partial charge in [0.2, 0.25) is 5.91 Å².